The summed E-state index contributed by atoms with van der Waals surface area (Å²) >= 11 is 0. The Kier molecular flexibility index (Phi) is 6.90. The van der Waals surface area contributed by atoms with Gasteiger partial charge in [0.2, 0.25) is 11.8 Å². The Bertz CT molecular complexity index is 1290. The highest BCUT2D eigenvalue weighted by molar-refractivity contribution is 5.80. The Morgan fingerprint density at radius 1 is 1.00 bits per heavy atom. The van der Waals surface area contributed by atoms with Crippen molar-refractivity contribution in [1.82, 2.24) is 20.2 Å². The minimum absolute atomic E-state index is 0.261. The highest BCUT2D eigenvalue weighted by atomic mass is 16.5. The molecule has 0 atom stereocenters. The first-order valence-corrected chi connectivity index (χ1v) is 11.4. The van der Waals surface area contributed by atoms with Crippen LogP contribution in [0, 0.1) is 6.92 Å². The van der Waals surface area contributed by atoms with Crippen molar-refractivity contribution in [2.75, 3.05) is 41.9 Å². The molecule has 3 heterocycles. The molecule has 0 amide bonds. The lowest BCUT2D eigenvalue weighted by atomic mass is 10.2. The number of anilines is 4. The van der Waals surface area contributed by atoms with Crippen molar-refractivity contribution in [3.63, 3.8) is 0 Å². The lowest BCUT2D eigenvalue weighted by molar-refractivity contribution is 0.122. The molecule has 10 nitrogen and oxygen atoms in total. The molecule has 178 valence electrons. The van der Waals surface area contributed by atoms with Crippen LogP contribution in [0.3, 0.4) is 0 Å². The molecule has 0 aliphatic carbocycles. The van der Waals surface area contributed by atoms with Crippen molar-refractivity contribution >= 4 is 29.8 Å². The van der Waals surface area contributed by atoms with Crippen molar-refractivity contribution in [3.8, 4) is 0 Å². The summed E-state index contributed by atoms with van der Waals surface area (Å²) in [6.45, 7) is 4.82. The van der Waals surface area contributed by atoms with Crippen LogP contribution in [-0.4, -0.2) is 52.7 Å². The van der Waals surface area contributed by atoms with E-state index in [0.717, 1.165) is 35.6 Å². The minimum atomic E-state index is 0.261. The van der Waals surface area contributed by atoms with Gasteiger partial charge in [0.25, 0.3) is 0 Å². The van der Waals surface area contributed by atoms with Crippen LogP contribution in [0.1, 0.15) is 22.6 Å². The SMILES string of the molecule is Cc1cccc(C=NNc2nc(Nc3nnc(Cc4ccccc4)o3)cc(N3CCOCC3)n2)c1. The highest BCUT2D eigenvalue weighted by Gasteiger charge is 2.16. The van der Waals surface area contributed by atoms with Crippen molar-refractivity contribution in [1.29, 1.82) is 0 Å². The first-order valence-electron chi connectivity index (χ1n) is 11.4. The Balaban J connectivity index is 1.34. The van der Waals surface area contributed by atoms with E-state index in [-0.39, 0.29) is 6.01 Å². The van der Waals surface area contributed by atoms with Crippen molar-refractivity contribution in [2.24, 2.45) is 5.10 Å². The molecule has 0 spiro atoms. The van der Waals surface area contributed by atoms with Gasteiger partial charge in [0, 0.05) is 19.2 Å². The summed E-state index contributed by atoms with van der Waals surface area (Å²) in [6, 6.07) is 20.2. The molecule has 0 bridgehead atoms. The molecule has 1 aliphatic heterocycles. The fraction of sp³-hybridized carbons (Fsp3) is 0.240. The van der Waals surface area contributed by atoms with Crippen molar-refractivity contribution < 1.29 is 9.15 Å². The van der Waals surface area contributed by atoms with E-state index in [1.807, 2.05) is 67.6 Å². The number of ether oxygens (including phenoxy) is 1. The molecule has 4 aromatic rings. The largest absolute Gasteiger partial charge is 0.408 e. The molecule has 1 aliphatic rings. The van der Waals surface area contributed by atoms with E-state index in [1.54, 1.807) is 6.21 Å². The van der Waals surface area contributed by atoms with Crippen LogP contribution in [-0.2, 0) is 11.2 Å². The lowest BCUT2D eigenvalue weighted by Crippen LogP contribution is -2.36. The summed E-state index contributed by atoms with van der Waals surface area (Å²) in [5.74, 6) is 2.14. The second-order valence-electron chi connectivity index (χ2n) is 8.11. The fourth-order valence-electron chi connectivity index (χ4n) is 3.67. The van der Waals surface area contributed by atoms with Crippen LogP contribution in [0.5, 0.6) is 0 Å². The number of rotatable bonds is 8. The van der Waals surface area contributed by atoms with E-state index in [2.05, 4.69) is 40.9 Å². The maximum absolute atomic E-state index is 5.79. The quantitative estimate of drug-likeness (QED) is 0.293. The van der Waals surface area contributed by atoms with Crippen LogP contribution >= 0.6 is 0 Å². The topological polar surface area (TPSA) is 114 Å². The third kappa shape index (κ3) is 6.18. The predicted octanol–water partition coefficient (Wildman–Crippen LogP) is 3.79. The van der Waals surface area contributed by atoms with Crippen LogP contribution in [0.25, 0.3) is 0 Å². The average molecular weight is 471 g/mol. The molecule has 0 radical (unpaired) electrons. The third-order valence-electron chi connectivity index (χ3n) is 5.37. The maximum atomic E-state index is 5.79. The molecule has 2 N–H and O–H groups in total. The van der Waals surface area contributed by atoms with Gasteiger partial charge in [0.15, 0.2) is 0 Å². The summed E-state index contributed by atoms with van der Waals surface area (Å²) in [5, 5.41) is 15.7. The summed E-state index contributed by atoms with van der Waals surface area (Å²) in [7, 11) is 0. The number of aromatic nitrogens is 4. The number of nitrogens with zero attached hydrogens (tertiary/aromatic N) is 6. The fourth-order valence-corrected chi connectivity index (χ4v) is 3.67. The minimum Gasteiger partial charge on any atom is -0.408 e. The van der Waals surface area contributed by atoms with Crippen LogP contribution in [0.2, 0.25) is 0 Å². The maximum Gasteiger partial charge on any atom is 0.321 e. The highest BCUT2D eigenvalue weighted by Crippen LogP contribution is 2.22. The first-order chi connectivity index (χ1) is 17.2. The summed E-state index contributed by atoms with van der Waals surface area (Å²) in [4.78, 5) is 11.3. The zero-order valence-electron chi connectivity index (χ0n) is 19.4. The standard InChI is InChI=1S/C25H26N8O2/c1-18-6-5-9-20(14-18)17-26-31-24-27-21(16-22(29-24)33-10-12-34-13-11-33)28-25-32-30-23(35-25)15-19-7-3-2-4-8-19/h2-9,14,16-17H,10-13,15H2,1H3,(H2,27,28,29,31,32). The Morgan fingerprint density at radius 2 is 1.86 bits per heavy atom. The smallest absolute Gasteiger partial charge is 0.321 e. The van der Waals surface area contributed by atoms with Gasteiger partial charge < -0.3 is 14.1 Å². The van der Waals surface area contributed by atoms with E-state index < -0.39 is 0 Å². The van der Waals surface area contributed by atoms with Crippen LogP contribution in [0.15, 0.2) is 70.2 Å². The Morgan fingerprint density at radius 3 is 2.69 bits per heavy atom. The number of morpholine rings is 1. The zero-order chi connectivity index (χ0) is 23.9. The number of nitrogens with one attached hydrogen (secondary N) is 2. The molecule has 0 saturated carbocycles. The van der Waals surface area contributed by atoms with Gasteiger partial charge in [-0.2, -0.15) is 15.1 Å². The van der Waals surface area contributed by atoms with Crippen molar-refractivity contribution in [2.45, 2.75) is 13.3 Å². The number of hydrogen-bond donors (Lipinski definition) is 2. The molecule has 1 saturated heterocycles. The zero-order valence-corrected chi connectivity index (χ0v) is 19.4. The van der Waals surface area contributed by atoms with E-state index in [0.29, 0.717) is 37.3 Å². The van der Waals surface area contributed by atoms with Gasteiger partial charge >= 0.3 is 6.01 Å². The third-order valence-corrected chi connectivity index (χ3v) is 5.37. The monoisotopic (exact) mass is 470 g/mol. The molecular formula is C25H26N8O2. The molecule has 35 heavy (non-hydrogen) atoms. The molecule has 5 rings (SSSR count). The van der Waals surface area contributed by atoms with E-state index >= 15 is 0 Å². The Hall–Kier alpha value is -4.31. The second-order valence-corrected chi connectivity index (χ2v) is 8.11. The van der Waals surface area contributed by atoms with E-state index in [4.69, 9.17) is 9.15 Å². The van der Waals surface area contributed by atoms with Gasteiger partial charge in [-0.15, -0.1) is 5.10 Å². The van der Waals surface area contributed by atoms with Gasteiger partial charge in [-0.1, -0.05) is 65.3 Å². The van der Waals surface area contributed by atoms with Gasteiger partial charge in [0.1, 0.15) is 11.6 Å². The van der Waals surface area contributed by atoms with E-state index in [9.17, 15) is 0 Å². The summed E-state index contributed by atoms with van der Waals surface area (Å²) in [6.07, 6.45) is 2.29. The van der Waals surface area contributed by atoms with E-state index in [1.165, 1.54) is 0 Å². The summed E-state index contributed by atoms with van der Waals surface area (Å²) < 4.78 is 11.3. The number of hydrazone groups is 1. The number of aryl methyl sites for hydroxylation is 1. The predicted molar refractivity (Wildman–Crippen MR) is 134 cm³/mol. The van der Waals surface area contributed by atoms with Gasteiger partial charge in [0.05, 0.1) is 25.8 Å². The molecule has 2 aromatic heterocycles. The number of benzene rings is 2. The molecule has 10 heteroatoms. The lowest BCUT2D eigenvalue weighted by Gasteiger charge is -2.28. The molecule has 2 aromatic carbocycles. The molecule has 1 fully saturated rings. The first kappa shape index (κ1) is 22.5. The molecule has 0 unspecified atom stereocenters. The average Bonchev–Trinajstić information content (AvgIpc) is 3.31. The Labute approximate surface area is 203 Å². The number of hydrogen-bond acceptors (Lipinski definition) is 10. The van der Waals surface area contributed by atoms with Crippen molar-refractivity contribution in [3.05, 3.63) is 83.2 Å². The second kappa shape index (κ2) is 10.7. The van der Waals surface area contributed by atoms with Gasteiger partial charge in [-0.3, -0.25) is 5.32 Å². The normalized spacial score (nSPS) is 13.8. The van der Waals surface area contributed by atoms with Gasteiger partial charge in [-0.05, 0) is 18.1 Å². The van der Waals surface area contributed by atoms with Crippen LogP contribution in [0.4, 0.5) is 23.6 Å². The van der Waals surface area contributed by atoms with Crippen LogP contribution < -0.4 is 15.6 Å². The summed E-state index contributed by atoms with van der Waals surface area (Å²) in [5.41, 5.74) is 6.18. The molecular weight excluding hydrogens is 444 g/mol. The van der Waals surface area contributed by atoms with Gasteiger partial charge in [-0.25, -0.2) is 5.43 Å².